The lowest BCUT2D eigenvalue weighted by molar-refractivity contribution is -0.140. The summed E-state index contributed by atoms with van der Waals surface area (Å²) in [6, 6.07) is 19.8. The zero-order chi connectivity index (χ0) is 29.3. The van der Waals surface area contributed by atoms with Crippen LogP contribution in [0.15, 0.2) is 77.7 Å². The maximum Gasteiger partial charge on any atom is 0.264 e. The van der Waals surface area contributed by atoms with Gasteiger partial charge in [-0.25, -0.2) is 8.42 Å². The van der Waals surface area contributed by atoms with Crippen LogP contribution in [0, 0.1) is 13.8 Å². The van der Waals surface area contributed by atoms with Crippen LogP contribution in [-0.2, 0) is 26.2 Å². The molecular weight excluding hydrogens is 546 g/mol. The van der Waals surface area contributed by atoms with E-state index in [1.54, 1.807) is 43.3 Å². The van der Waals surface area contributed by atoms with Crippen molar-refractivity contribution < 1.29 is 18.0 Å². The van der Waals surface area contributed by atoms with Crippen LogP contribution >= 0.6 is 11.6 Å². The molecule has 0 aliphatic heterocycles. The number of hydrogen-bond donors (Lipinski definition) is 1. The van der Waals surface area contributed by atoms with Gasteiger partial charge in [-0.05, 0) is 67.6 Å². The van der Waals surface area contributed by atoms with Crippen molar-refractivity contribution in [1.82, 2.24) is 10.2 Å². The number of anilines is 1. The first kappa shape index (κ1) is 31.2. The van der Waals surface area contributed by atoms with Gasteiger partial charge in [0.1, 0.15) is 12.6 Å². The van der Waals surface area contributed by atoms with E-state index in [0.717, 1.165) is 28.3 Å². The first-order valence-corrected chi connectivity index (χ1v) is 15.4. The Balaban J connectivity index is 2.07. The van der Waals surface area contributed by atoms with Crippen molar-refractivity contribution in [1.29, 1.82) is 0 Å². The molecule has 1 atom stereocenters. The monoisotopic (exact) mass is 583 g/mol. The van der Waals surface area contributed by atoms with Crippen molar-refractivity contribution in [2.75, 3.05) is 17.4 Å². The van der Waals surface area contributed by atoms with E-state index in [0.29, 0.717) is 29.2 Å². The van der Waals surface area contributed by atoms with E-state index in [1.165, 1.54) is 17.0 Å². The molecule has 2 amide bonds. The molecule has 3 aromatic rings. The van der Waals surface area contributed by atoms with Crippen LogP contribution in [0.4, 0.5) is 5.69 Å². The highest BCUT2D eigenvalue weighted by molar-refractivity contribution is 7.92. The number of aryl methyl sites for hydroxylation is 2. The predicted molar refractivity (Wildman–Crippen MR) is 161 cm³/mol. The highest BCUT2D eigenvalue weighted by Crippen LogP contribution is 2.30. The summed E-state index contributed by atoms with van der Waals surface area (Å²) in [5.41, 5.74) is 2.81. The van der Waals surface area contributed by atoms with Crippen molar-refractivity contribution in [3.05, 3.63) is 94.5 Å². The number of nitrogens with one attached hydrogen (secondary N) is 1. The summed E-state index contributed by atoms with van der Waals surface area (Å²) in [7, 11) is -4.15. The van der Waals surface area contributed by atoms with Crippen LogP contribution in [0.25, 0.3) is 0 Å². The van der Waals surface area contributed by atoms with Gasteiger partial charge in [0.25, 0.3) is 10.0 Å². The Hall–Kier alpha value is -3.36. The Morgan fingerprint density at radius 3 is 2.25 bits per heavy atom. The lowest BCUT2D eigenvalue weighted by atomic mass is 10.1. The molecule has 0 saturated carbocycles. The molecule has 40 heavy (non-hydrogen) atoms. The van der Waals surface area contributed by atoms with E-state index in [9.17, 15) is 18.0 Å². The van der Waals surface area contributed by atoms with Gasteiger partial charge in [0.2, 0.25) is 11.8 Å². The first-order chi connectivity index (χ1) is 19.1. The van der Waals surface area contributed by atoms with Gasteiger partial charge in [0, 0.05) is 18.1 Å². The number of halogens is 1. The SMILES string of the molecule is CCCCNC(=O)[C@H](CC)N(Cc1ccccc1C)C(=O)CN(c1cc(Cl)ccc1C)S(=O)(=O)c1ccccc1. The standard InChI is InChI=1S/C31H38ClN3O4S/c1-5-7-19-33-31(37)28(6-2)34(21-25-14-12-11-13-23(25)3)30(36)22-35(29-20-26(32)18-17-24(29)4)40(38,39)27-15-9-8-10-16-27/h8-18,20,28H,5-7,19,21-22H2,1-4H3,(H,33,37)/t28-/m0/s1. The number of unbranched alkanes of at least 4 members (excludes halogenated alkanes) is 1. The van der Waals surface area contributed by atoms with Crippen molar-refractivity contribution in [3.8, 4) is 0 Å². The quantitative estimate of drug-likeness (QED) is 0.255. The number of hydrogen-bond acceptors (Lipinski definition) is 4. The molecule has 0 radical (unpaired) electrons. The molecule has 0 heterocycles. The molecule has 1 N–H and O–H groups in total. The van der Waals surface area contributed by atoms with Crippen LogP contribution in [0.5, 0.6) is 0 Å². The Bertz CT molecular complexity index is 1410. The second kappa shape index (κ2) is 14.3. The second-order valence-electron chi connectivity index (χ2n) is 9.77. The highest BCUT2D eigenvalue weighted by atomic mass is 35.5. The van der Waals surface area contributed by atoms with Gasteiger partial charge in [-0.3, -0.25) is 13.9 Å². The fraction of sp³-hybridized carbons (Fsp3) is 0.355. The van der Waals surface area contributed by atoms with Gasteiger partial charge in [-0.15, -0.1) is 0 Å². The number of amides is 2. The molecule has 214 valence electrons. The van der Waals surface area contributed by atoms with Crippen molar-refractivity contribution in [2.24, 2.45) is 0 Å². The summed E-state index contributed by atoms with van der Waals surface area (Å²) >= 11 is 6.29. The van der Waals surface area contributed by atoms with Crippen molar-refractivity contribution >= 4 is 39.1 Å². The minimum Gasteiger partial charge on any atom is -0.354 e. The average Bonchev–Trinajstić information content (AvgIpc) is 2.94. The minimum atomic E-state index is -4.15. The highest BCUT2D eigenvalue weighted by Gasteiger charge is 2.34. The summed E-state index contributed by atoms with van der Waals surface area (Å²) in [4.78, 5) is 29.0. The van der Waals surface area contributed by atoms with Crippen molar-refractivity contribution in [2.45, 2.75) is 64.4 Å². The van der Waals surface area contributed by atoms with Gasteiger partial charge in [0.05, 0.1) is 10.6 Å². The Morgan fingerprint density at radius 1 is 0.925 bits per heavy atom. The molecule has 3 rings (SSSR count). The summed E-state index contributed by atoms with van der Waals surface area (Å²) in [6.07, 6.45) is 2.12. The number of carbonyl (C=O) groups is 2. The fourth-order valence-corrected chi connectivity index (χ4v) is 6.14. The number of carbonyl (C=O) groups excluding carboxylic acids is 2. The van der Waals surface area contributed by atoms with Gasteiger partial charge < -0.3 is 10.2 Å². The third-order valence-corrected chi connectivity index (χ3v) is 8.88. The summed E-state index contributed by atoms with van der Waals surface area (Å²) < 4.78 is 29.0. The van der Waals surface area contributed by atoms with Gasteiger partial charge in [-0.1, -0.05) is 80.4 Å². The maximum absolute atomic E-state index is 14.2. The predicted octanol–water partition coefficient (Wildman–Crippen LogP) is 5.88. The summed E-state index contributed by atoms with van der Waals surface area (Å²) in [5, 5.41) is 3.29. The smallest absolute Gasteiger partial charge is 0.264 e. The average molecular weight is 584 g/mol. The molecule has 0 unspecified atom stereocenters. The van der Waals surface area contributed by atoms with E-state index >= 15 is 0 Å². The summed E-state index contributed by atoms with van der Waals surface area (Å²) in [5.74, 6) is -0.742. The Kier molecular flexibility index (Phi) is 11.2. The van der Waals surface area contributed by atoms with E-state index in [2.05, 4.69) is 5.32 Å². The molecule has 0 aromatic heterocycles. The van der Waals surface area contributed by atoms with E-state index in [4.69, 9.17) is 11.6 Å². The number of benzene rings is 3. The normalized spacial score (nSPS) is 12.0. The molecular formula is C31H38ClN3O4S. The van der Waals surface area contributed by atoms with Crippen LogP contribution in [-0.4, -0.2) is 44.3 Å². The third kappa shape index (κ3) is 7.64. The lowest BCUT2D eigenvalue weighted by Gasteiger charge is -2.34. The van der Waals surface area contributed by atoms with Crippen LogP contribution in [0.3, 0.4) is 0 Å². The minimum absolute atomic E-state index is 0.0528. The third-order valence-electron chi connectivity index (χ3n) is 6.87. The molecule has 0 aliphatic rings. The Morgan fingerprint density at radius 2 is 1.60 bits per heavy atom. The van der Waals surface area contributed by atoms with E-state index < -0.39 is 28.5 Å². The van der Waals surface area contributed by atoms with Crippen LogP contribution in [0.2, 0.25) is 5.02 Å². The maximum atomic E-state index is 14.2. The molecule has 0 aliphatic carbocycles. The molecule has 7 nitrogen and oxygen atoms in total. The Labute approximate surface area is 243 Å². The lowest BCUT2D eigenvalue weighted by Crippen LogP contribution is -2.52. The molecule has 3 aromatic carbocycles. The van der Waals surface area contributed by atoms with Crippen molar-refractivity contribution in [3.63, 3.8) is 0 Å². The molecule has 9 heteroatoms. The zero-order valence-electron chi connectivity index (χ0n) is 23.6. The number of nitrogens with zero attached hydrogens (tertiary/aromatic N) is 2. The van der Waals surface area contributed by atoms with Gasteiger partial charge in [0.15, 0.2) is 0 Å². The first-order valence-electron chi connectivity index (χ1n) is 13.6. The molecule has 0 bridgehead atoms. The van der Waals surface area contributed by atoms with Gasteiger partial charge in [-0.2, -0.15) is 0 Å². The molecule has 0 spiro atoms. The molecule has 0 fully saturated rings. The molecule has 0 saturated heterocycles. The van der Waals surface area contributed by atoms with Crippen LogP contribution < -0.4 is 9.62 Å². The van der Waals surface area contributed by atoms with Crippen LogP contribution in [0.1, 0.15) is 49.8 Å². The topological polar surface area (TPSA) is 86.8 Å². The zero-order valence-corrected chi connectivity index (χ0v) is 25.1. The van der Waals surface area contributed by atoms with E-state index in [1.807, 2.05) is 45.0 Å². The summed E-state index contributed by atoms with van der Waals surface area (Å²) in [6.45, 7) is 7.78. The second-order valence-corrected chi connectivity index (χ2v) is 12.1. The van der Waals surface area contributed by atoms with E-state index in [-0.39, 0.29) is 17.3 Å². The number of rotatable bonds is 13. The fourth-order valence-electron chi connectivity index (χ4n) is 4.48. The van der Waals surface area contributed by atoms with Gasteiger partial charge >= 0.3 is 0 Å². The largest absolute Gasteiger partial charge is 0.354 e. The number of sulfonamides is 1.